The second-order valence-corrected chi connectivity index (χ2v) is 3.95. The van der Waals surface area contributed by atoms with Crippen LogP contribution >= 0.6 is 0 Å². The molecule has 1 fully saturated rings. The van der Waals surface area contributed by atoms with Crippen LogP contribution in [-0.4, -0.2) is 24.4 Å². The highest BCUT2D eigenvalue weighted by Gasteiger charge is 2.51. The zero-order valence-corrected chi connectivity index (χ0v) is 8.78. The molecule has 1 N–H and O–H groups in total. The molecule has 1 aromatic carbocycles. The Kier molecular flexibility index (Phi) is 2.81. The third kappa shape index (κ3) is 1.87. The Balaban J connectivity index is 2.11. The Morgan fingerprint density at radius 3 is 2.44 bits per heavy atom. The zero-order chi connectivity index (χ0) is 11.6. The molecule has 0 heterocycles. The van der Waals surface area contributed by atoms with E-state index in [1.165, 1.54) is 0 Å². The van der Waals surface area contributed by atoms with Crippen LogP contribution in [0.15, 0.2) is 24.3 Å². The highest BCUT2D eigenvalue weighted by atomic mass is 19.1. The van der Waals surface area contributed by atoms with Gasteiger partial charge in [-0.3, -0.25) is 4.79 Å². The number of alkyl halides is 1. The van der Waals surface area contributed by atoms with Crippen molar-refractivity contribution in [2.45, 2.75) is 18.3 Å². The maximum absolute atomic E-state index is 11.9. The highest BCUT2D eigenvalue weighted by Crippen LogP contribution is 2.48. The summed E-state index contributed by atoms with van der Waals surface area (Å²) < 4.78 is 16.9. The first-order valence-corrected chi connectivity index (χ1v) is 5.22. The Morgan fingerprint density at radius 1 is 1.38 bits per heavy atom. The minimum atomic E-state index is -0.773. The maximum Gasteiger partial charge on any atom is 0.314 e. The molecule has 1 aliphatic carbocycles. The van der Waals surface area contributed by atoms with E-state index in [1.54, 1.807) is 24.3 Å². The molecule has 3 nitrogen and oxygen atoms in total. The predicted octanol–water partition coefficient (Wildman–Crippen LogP) is 2.15. The van der Waals surface area contributed by atoms with E-state index in [2.05, 4.69) is 0 Å². The molecule has 0 unspecified atom stereocenters. The van der Waals surface area contributed by atoms with Crippen LogP contribution in [-0.2, 0) is 10.2 Å². The van der Waals surface area contributed by atoms with E-state index in [0.29, 0.717) is 18.6 Å². The Hall–Kier alpha value is -1.58. The number of halogens is 1. The van der Waals surface area contributed by atoms with E-state index >= 15 is 0 Å². The van der Waals surface area contributed by atoms with Crippen molar-refractivity contribution in [1.82, 2.24) is 0 Å². The van der Waals surface area contributed by atoms with Crippen molar-refractivity contribution in [3.63, 3.8) is 0 Å². The van der Waals surface area contributed by atoms with Crippen molar-refractivity contribution >= 4 is 5.97 Å². The van der Waals surface area contributed by atoms with Gasteiger partial charge in [0, 0.05) is 0 Å². The van der Waals surface area contributed by atoms with Crippen molar-refractivity contribution in [3.8, 4) is 5.75 Å². The smallest absolute Gasteiger partial charge is 0.314 e. The lowest BCUT2D eigenvalue weighted by Gasteiger charge is -2.11. The molecule has 16 heavy (non-hydrogen) atoms. The summed E-state index contributed by atoms with van der Waals surface area (Å²) in [4.78, 5) is 11.1. The molecule has 2 rings (SSSR count). The quantitative estimate of drug-likeness (QED) is 0.833. The van der Waals surface area contributed by atoms with Crippen LogP contribution in [0, 0.1) is 0 Å². The lowest BCUT2D eigenvalue weighted by atomic mass is 9.96. The van der Waals surface area contributed by atoms with Gasteiger partial charge in [-0.15, -0.1) is 0 Å². The summed E-state index contributed by atoms with van der Waals surface area (Å²) in [5.41, 5.74) is 0.117. The highest BCUT2D eigenvalue weighted by molar-refractivity contribution is 5.84. The molecule has 0 bridgehead atoms. The number of hydrogen-bond acceptors (Lipinski definition) is 2. The average molecular weight is 224 g/mol. The number of hydrogen-bond donors (Lipinski definition) is 1. The van der Waals surface area contributed by atoms with Gasteiger partial charge in [-0.1, -0.05) is 12.1 Å². The molecular formula is C12H13FO3. The maximum atomic E-state index is 11.9. The number of aliphatic carboxylic acids is 1. The van der Waals surface area contributed by atoms with Gasteiger partial charge in [0.25, 0.3) is 0 Å². The van der Waals surface area contributed by atoms with Gasteiger partial charge in [-0.2, -0.15) is 0 Å². The molecule has 86 valence electrons. The number of benzene rings is 1. The van der Waals surface area contributed by atoms with Crippen molar-refractivity contribution in [3.05, 3.63) is 29.8 Å². The Morgan fingerprint density at radius 2 is 2.00 bits per heavy atom. The van der Waals surface area contributed by atoms with E-state index < -0.39 is 18.1 Å². The minimum absolute atomic E-state index is 0.0312. The van der Waals surface area contributed by atoms with E-state index in [0.717, 1.165) is 5.56 Å². The molecule has 0 saturated heterocycles. The largest absolute Gasteiger partial charge is 0.491 e. The molecule has 0 spiro atoms. The topological polar surface area (TPSA) is 46.5 Å². The predicted molar refractivity (Wildman–Crippen MR) is 56.5 cm³/mol. The fourth-order valence-corrected chi connectivity index (χ4v) is 1.78. The Labute approximate surface area is 92.9 Å². The third-order valence-corrected chi connectivity index (χ3v) is 2.91. The Bertz CT molecular complexity index is 382. The lowest BCUT2D eigenvalue weighted by Crippen LogP contribution is -2.19. The summed E-state index contributed by atoms with van der Waals surface area (Å²) in [6.45, 7) is -0.496. The summed E-state index contributed by atoms with van der Waals surface area (Å²) in [6.07, 6.45) is 1.38. The van der Waals surface area contributed by atoms with Gasteiger partial charge in [-0.25, -0.2) is 4.39 Å². The van der Waals surface area contributed by atoms with Gasteiger partial charge >= 0.3 is 5.97 Å². The molecule has 0 amide bonds. The summed E-state index contributed by atoms with van der Waals surface area (Å²) in [7, 11) is 0. The number of rotatable bonds is 5. The number of carboxylic acid groups (broad SMARTS) is 1. The van der Waals surface area contributed by atoms with Crippen molar-refractivity contribution in [2.24, 2.45) is 0 Å². The summed E-state index contributed by atoms with van der Waals surface area (Å²) >= 11 is 0. The molecule has 4 heteroatoms. The molecule has 0 radical (unpaired) electrons. The molecule has 0 atom stereocenters. The summed E-state index contributed by atoms with van der Waals surface area (Å²) in [5, 5.41) is 9.09. The van der Waals surface area contributed by atoms with Crippen LogP contribution in [0.5, 0.6) is 5.75 Å². The molecule has 1 aliphatic rings. The summed E-state index contributed by atoms with van der Waals surface area (Å²) in [6, 6.07) is 6.87. The normalized spacial score (nSPS) is 16.8. The number of ether oxygens (including phenoxy) is 1. The van der Waals surface area contributed by atoms with Gasteiger partial charge in [-0.05, 0) is 30.5 Å². The zero-order valence-electron chi connectivity index (χ0n) is 8.78. The molecule has 0 aromatic heterocycles. The van der Waals surface area contributed by atoms with Crippen molar-refractivity contribution < 1.29 is 19.0 Å². The molecular weight excluding hydrogens is 211 g/mol. The van der Waals surface area contributed by atoms with Crippen LogP contribution in [0.4, 0.5) is 4.39 Å². The van der Waals surface area contributed by atoms with Crippen LogP contribution < -0.4 is 4.74 Å². The van der Waals surface area contributed by atoms with E-state index in [-0.39, 0.29) is 6.61 Å². The fourth-order valence-electron chi connectivity index (χ4n) is 1.78. The van der Waals surface area contributed by atoms with Crippen LogP contribution in [0.1, 0.15) is 18.4 Å². The summed E-state index contributed by atoms with van der Waals surface area (Å²) in [5.74, 6) is -0.201. The fraction of sp³-hybridized carbons (Fsp3) is 0.417. The van der Waals surface area contributed by atoms with Gasteiger partial charge in [0.05, 0.1) is 5.41 Å². The second kappa shape index (κ2) is 4.12. The van der Waals surface area contributed by atoms with E-state index in [9.17, 15) is 9.18 Å². The average Bonchev–Trinajstić information content (AvgIpc) is 3.08. The lowest BCUT2D eigenvalue weighted by molar-refractivity contribution is -0.140. The first-order chi connectivity index (χ1) is 7.69. The van der Waals surface area contributed by atoms with Crippen molar-refractivity contribution in [2.75, 3.05) is 13.3 Å². The van der Waals surface area contributed by atoms with Gasteiger partial charge in [0.1, 0.15) is 19.0 Å². The minimum Gasteiger partial charge on any atom is -0.491 e. The van der Waals surface area contributed by atoms with E-state index in [4.69, 9.17) is 9.84 Å². The standard InChI is InChI=1S/C12H13FO3/c13-7-8-16-10-3-1-9(2-4-10)12(5-6-12)11(14)15/h1-4H,5-8H2,(H,14,15). The SMILES string of the molecule is O=C(O)C1(c2ccc(OCCF)cc2)CC1. The van der Waals surface area contributed by atoms with Crippen molar-refractivity contribution in [1.29, 1.82) is 0 Å². The second-order valence-electron chi connectivity index (χ2n) is 3.95. The van der Waals surface area contributed by atoms with Gasteiger partial charge in [0.15, 0.2) is 0 Å². The van der Waals surface area contributed by atoms with Crippen LogP contribution in [0.25, 0.3) is 0 Å². The van der Waals surface area contributed by atoms with Gasteiger partial charge in [0.2, 0.25) is 0 Å². The first kappa shape index (κ1) is 10.9. The monoisotopic (exact) mass is 224 g/mol. The van der Waals surface area contributed by atoms with Crippen LogP contribution in [0.3, 0.4) is 0 Å². The third-order valence-electron chi connectivity index (χ3n) is 2.91. The first-order valence-electron chi connectivity index (χ1n) is 5.22. The van der Waals surface area contributed by atoms with E-state index in [1.807, 2.05) is 0 Å². The van der Waals surface area contributed by atoms with Gasteiger partial charge < -0.3 is 9.84 Å². The molecule has 1 saturated carbocycles. The number of carboxylic acids is 1. The molecule has 1 aromatic rings. The number of carbonyl (C=O) groups is 1. The van der Waals surface area contributed by atoms with Crippen LogP contribution in [0.2, 0.25) is 0 Å². The molecule has 0 aliphatic heterocycles.